The fourth-order valence-corrected chi connectivity index (χ4v) is 2.40. The van der Waals surface area contributed by atoms with Crippen molar-refractivity contribution < 1.29 is 0 Å². The zero-order valence-corrected chi connectivity index (χ0v) is 8.80. The summed E-state index contributed by atoms with van der Waals surface area (Å²) in [5.41, 5.74) is 2.69. The van der Waals surface area contributed by atoms with Crippen molar-refractivity contribution in [3.05, 3.63) is 17.2 Å². The molecule has 2 heteroatoms. The van der Waals surface area contributed by atoms with Gasteiger partial charge in [-0.1, -0.05) is 6.92 Å². The highest BCUT2D eigenvalue weighted by Crippen LogP contribution is 2.27. The standard InChI is InChI=1S/C11H18N2/c1-4-10-9(3)13-8(2)6-5-7-11(13)12-10/h8H,4-7H2,1-3H3. The second kappa shape index (κ2) is 3.17. The molecule has 0 radical (unpaired) electrons. The first kappa shape index (κ1) is 8.79. The van der Waals surface area contributed by atoms with Gasteiger partial charge in [-0.05, 0) is 33.1 Å². The maximum absolute atomic E-state index is 4.68. The minimum Gasteiger partial charge on any atom is -0.329 e. The van der Waals surface area contributed by atoms with E-state index in [1.165, 1.54) is 36.5 Å². The predicted octanol–water partition coefficient (Wildman–Crippen LogP) is 2.65. The van der Waals surface area contributed by atoms with Crippen molar-refractivity contribution >= 4 is 0 Å². The molecule has 1 unspecified atom stereocenters. The maximum atomic E-state index is 4.68. The Balaban J connectivity index is 2.49. The van der Waals surface area contributed by atoms with Crippen LogP contribution in [-0.4, -0.2) is 9.55 Å². The molecule has 72 valence electrons. The number of rotatable bonds is 1. The van der Waals surface area contributed by atoms with E-state index >= 15 is 0 Å². The number of aryl methyl sites for hydroxylation is 2. The molecule has 1 aliphatic heterocycles. The number of fused-ring (bicyclic) bond motifs is 1. The van der Waals surface area contributed by atoms with Gasteiger partial charge in [-0.25, -0.2) is 4.98 Å². The van der Waals surface area contributed by atoms with Gasteiger partial charge in [0.1, 0.15) is 5.82 Å². The molecule has 0 fully saturated rings. The van der Waals surface area contributed by atoms with Crippen LogP contribution in [0.4, 0.5) is 0 Å². The highest BCUT2D eigenvalue weighted by Gasteiger charge is 2.20. The van der Waals surface area contributed by atoms with Gasteiger partial charge in [0.2, 0.25) is 0 Å². The minimum atomic E-state index is 0.663. The summed E-state index contributed by atoms with van der Waals surface area (Å²) in [5.74, 6) is 1.31. The zero-order chi connectivity index (χ0) is 9.42. The molecule has 2 heterocycles. The molecule has 1 atom stereocenters. The van der Waals surface area contributed by atoms with Crippen LogP contribution in [0.3, 0.4) is 0 Å². The lowest BCUT2D eigenvalue weighted by Gasteiger charge is -2.22. The number of hydrogen-bond acceptors (Lipinski definition) is 1. The molecule has 0 saturated heterocycles. The second-order valence-electron chi connectivity index (χ2n) is 4.02. The highest BCUT2D eigenvalue weighted by atomic mass is 15.1. The summed E-state index contributed by atoms with van der Waals surface area (Å²) < 4.78 is 2.43. The van der Waals surface area contributed by atoms with Gasteiger partial charge in [0.25, 0.3) is 0 Å². The third kappa shape index (κ3) is 1.28. The number of imidazole rings is 1. The Bertz CT molecular complexity index is 312. The fraction of sp³-hybridized carbons (Fsp3) is 0.727. The van der Waals surface area contributed by atoms with Gasteiger partial charge >= 0.3 is 0 Å². The number of hydrogen-bond donors (Lipinski definition) is 0. The minimum absolute atomic E-state index is 0.663. The number of nitrogens with zero attached hydrogens (tertiary/aromatic N) is 2. The molecule has 0 aliphatic carbocycles. The van der Waals surface area contributed by atoms with Crippen molar-refractivity contribution in [3.63, 3.8) is 0 Å². The van der Waals surface area contributed by atoms with Crippen LogP contribution in [0.25, 0.3) is 0 Å². The Kier molecular flexibility index (Phi) is 2.14. The summed E-state index contributed by atoms with van der Waals surface area (Å²) in [6, 6.07) is 0.663. The summed E-state index contributed by atoms with van der Waals surface area (Å²) in [7, 11) is 0. The predicted molar refractivity (Wildman–Crippen MR) is 54.0 cm³/mol. The zero-order valence-electron chi connectivity index (χ0n) is 8.80. The largest absolute Gasteiger partial charge is 0.329 e. The molecule has 1 aliphatic rings. The Morgan fingerprint density at radius 3 is 2.92 bits per heavy atom. The van der Waals surface area contributed by atoms with Crippen LogP contribution in [0.15, 0.2) is 0 Å². The lowest BCUT2D eigenvalue weighted by molar-refractivity contribution is 0.419. The summed E-state index contributed by atoms with van der Waals surface area (Å²) in [5, 5.41) is 0. The summed E-state index contributed by atoms with van der Waals surface area (Å²) >= 11 is 0. The Morgan fingerprint density at radius 1 is 1.54 bits per heavy atom. The first-order valence-electron chi connectivity index (χ1n) is 5.30. The third-order valence-corrected chi connectivity index (χ3v) is 3.12. The molecule has 0 saturated carbocycles. The van der Waals surface area contributed by atoms with Gasteiger partial charge in [-0.3, -0.25) is 0 Å². The van der Waals surface area contributed by atoms with Gasteiger partial charge in [-0.2, -0.15) is 0 Å². The van der Waals surface area contributed by atoms with Crippen molar-refractivity contribution in [1.29, 1.82) is 0 Å². The average Bonchev–Trinajstić information content (AvgIpc) is 2.44. The van der Waals surface area contributed by atoms with Crippen LogP contribution in [0.2, 0.25) is 0 Å². The van der Waals surface area contributed by atoms with E-state index in [1.807, 2.05) is 0 Å². The third-order valence-electron chi connectivity index (χ3n) is 3.12. The van der Waals surface area contributed by atoms with E-state index in [0.29, 0.717) is 6.04 Å². The van der Waals surface area contributed by atoms with Gasteiger partial charge in [0, 0.05) is 18.2 Å². The van der Waals surface area contributed by atoms with Crippen molar-refractivity contribution in [3.8, 4) is 0 Å². The van der Waals surface area contributed by atoms with Crippen LogP contribution in [-0.2, 0) is 12.8 Å². The van der Waals surface area contributed by atoms with E-state index in [4.69, 9.17) is 0 Å². The molecule has 0 amide bonds. The molecular formula is C11H18N2. The molecule has 1 aromatic heterocycles. The van der Waals surface area contributed by atoms with Crippen molar-refractivity contribution in [1.82, 2.24) is 9.55 Å². The fourth-order valence-electron chi connectivity index (χ4n) is 2.40. The summed E-state index contributed by atoms with van der Waals surface area (Å²) in [6.07, 6.45) is 4.86. The van der Waals surface area contributed by atoms with Crippen molar-refractivity contribution in [2.75, 3.05) is 0 Å². The normalized spacial score (nSPS) is 21.6. The molecule has 0 N–H and O–H groups in total. The topological polar surface area (TPSA) is 17.8 Å². The first-order valence-corrected chi connectivity index (χ1v) is 5.30. The van der Waals surface area contributed by atoms with Crippen LogP contribution < -0.4 is 0 Å². The lowest BCUT2D eigenvalue weighted by Crippen LogP contribution is -2.16. The van der Waals surface area contributed by atoms with E-state index in [0.717, 1.165) is 6.42 Å². The molecule has 0 aromatic carbocycles. The van der Waals surface area contributed by atoms with Gasteiger partial charge in [0.15, 0.2) is 0 Å². The lowest BCUT2D eigenvalue weighted by atomic mass is 10.1. The van der Waals surface area contributed by atoms with Crippen LogP contribution in [0, 0.1) is 6.92 Å². The Hall–Kier alpha value is -0.790. The first-order chi connectivity index (χ1) is 6.24. The van der Waals surface area contributed by atoms with E-state index in [1.54, 1.807) is 0 Å². The van der Waals surface area contributed by atoms with Gasteiger partial charge < -0.3 is 4.57 Å². The van der Waals surface area contributed by atoms with E-state index in [2.05, 4.69) is 30.3 Å². The van der Waals surface area contributed by atoms with Crippen LogP contribution >= 0.6 is 0 Å². The molecule has 0 bridgehead atoms. The van der Waals surface area contributed by atoms with Crippen molar-refractivity contribution in [2.24, 2.45) is 0 Å². The SMILES string of the molecule is CCc1nc2n(c1C)C(C)CCC2. The maximum Gasteiger partial charge on any atom is 0.109 e. The molecule has 13 heavy (non-hydrogen) atoms. The van der Waals surface area contributed by atoms with Crippen molar-refractivity contribution in [2.45, 2.75) is 52.5 Å². The molecule has 0 spiro atoms. The molecule has 2 rings (SSSR count). The van der Waals surface area contributed by atoms with Crippen LogP contribution in [0.5, 0.6) is 0 Å². The average molecular weight is 178 g/mol. The molecular weight excluding hydrogens is 160 g/mol. The second-order valence-corrected chi connectivity index (χ2v) is 4.02. The smallest absolute Gasteiger partial charge is 0.109 e. The van der Waals surface area contributed by atoms with Crippen LogP contribution in [0.1, 0.15) is 49.9 Å². The Labute approximate surface area is 80.0 Å². The molecule has 1 aromatic rings. The highest BCUT2D eigenvalue weighted by molar-refractivity contribution is 5.18. The van der Waals surface area contributed by atoms with E-state index in [9.17, 15) is 0 Å². The Morgan fingerprint density at radius 2 is 2.31 bits per heavy atom. The number of aromatic nitrogens is 2. The quantitative estimate of drug-likeness (QED) is 0.646. The summed E-state index contributed by atoms with van der Waals surface area (Å²) in [4.78, 5) is 4.68. The summed E-state index contributed by atoms with van der Waals surface area (Å²) in [6.45, 7) is 6.69. The monoisotopic (exact) mass is 178 g/mol. The van der Waals surface area contributed by atoms with E-state index < -0.39 is 0 Å². The van der Waals surface area contributed by atoms with E-state index in [-0.39, 0.29) is 0 Å². The van der Waals surface area contributed by atoms with Gasteiger partial charge in [0.05, 0.1) is 5.69 Å². The molecule has 2 nitrogen and oxygen atoms in total. The van der Waals surface area contributed by atoms with Gasteiger partial charge in [-0.15, -0.1) is 0 Å².